The Morgan fingerprint density at radius 2 is 0.679 bits per heavy atom. The van der Waals surface area contributed by atoms with Crippen LogP contribution in [0.5, 0.6) is 0 Å². The standard InChI is InChI=1S/C67H43N11/c1-3-9-49-50-14-21-68-34-60(50)75(59(49)4-2)43-28-41(29-44(32-43)76-61-35-69-22-15-51(61)52-16-23-70-36-62(52)76)67(57-12-7-5-10-47(57)48-11-6-8-13-58(48)67)42-30-45(77-63-37-71-24-17-53(63)54-18-25-72-38-64(54)77)33-46(31-42)78-65-39-73-26-19-55(65)56-20-27-74-40-66(56)78/h3-40H,2H2,1H3/b9-3-. The van der Waals surface area contributed by atoms with E-state index < -0.39 is 5.41 Å². The second-order valence-electron chi connectivity index (χ2n) is 19.9. The number of hydrogen-bond acceptors (Lipinski definition) is 7. The molecule has 0 spiro atoms. The lowest BCUT2D eigenvalue weighted by Gasteiger charge is -2.35. The van der Waals surface area contributed by atoms with Gasteiger partial charge in [-0.05, 0) is 125 Å². The van der Waals surface area contributed by atoms with Crippen molar-refractivity contribution >= 4 is 88.5 Å². The van der Waals surface area contributed by atoms with Gasteiger partial charge in [-0.3, -0.25) is 34.9 Å². The number of fused-ring (bicyclic) bond motifs is 13. The Hall–Kier alpha value is -10.7. The van der Waals surface area contributed by atoms with Gasteiger partial charge in [-0.15, -0.1) is 0 Å². The molecular formula is C67H43N11. The molecule has 0 amide bonds. The highest BCUT2D eigenvalue weighted by molar-refractivity contribution is 6.11. The van der Waals surface area contributed by atoms with E-state index in [-0.39, 0.29) is 0 Å². The first-order valence-corrected chi connectivity index (χ1v) is 25.9. The maximum absolute atomic E-state index is 4.75. The minimum absolute atomic E-state index is 0.936. The Morgan fingerprint density at radius 1 is 0.372 bits per heavy atom. The van der Waals surface area contributed by atoms with Crippen LogP contribution in [0.25, 0.3) is 122 Å². The maximum atomic E-state index is 4.75. The van der Waals surface area contributed by atoms with E-state index in [0.717, 1.165) is 144 Å². The molecular weight excluding hydrogens is 959 g/mol. The van der Waals surface area contributed by atoms with Crippen LogP contribution in [0.2, 0.25) is 0 Å². The van der Waals surface area contributed by atoms with E-state index in [1.807, 2.05) is 92.8 Å². The fourth-order valence-corrected chi connectivity index (χ4v) is 13.1. The quantitative estimate of drug-likeness (QED) is 0.149. The summed E-state index contributed by atoms with van der Waals surface area (Å²) in [4.78, 5) is 33.2. The second kappa shape index (κ2) is 16.7. The minimum atomic E-state index is -0.968. The molecule has 11 nitrogen and oxygen atoms in total. The van der Waals surface area contributed by atoms with Crippen molar-refractivity contribution in [2.75, 3.05) is 0 Å². The molecule has 0 bridgehead atoms. The summed E-state index contributed by atoms with van der Waals surface area (Å²) in [7, 11) is 0. The van der Waals surface area contributed by atoms with E-state index in [0.29, 0.717) is 0 Å². The first-order chi connectivity index (χ1) is 38.6. The topological polar surface area (TPSA) is 110 Å². The van der Waals surface area contributed by atoms with Crippen LogP contribution in [0, 0.1) is 0 Å². The van der Waals surface area contributed by atoms with Gasteiger partial charge in [0.2, 0.25) is 0 Å². The third-order valence-corrected chi connectivity index (χ3v) is 16.1. The molecule has 1 aliphatic carbocycles. The smallest absolute Gasteiger partial charge is 0.0725 e. The van der Waals surface area contributed by atoms with Crippen LogP contribution < -0.4 is 0 Å². The monoisotopic (exact) mass is 1000 g/mol. The summed E-state index contributed by atoms with van der Waals surface area (Å²) >= 11 is 0. The van der Waals surface area contributed by atoms with E-state index >= 15 is 0 Å². The Balaban J connectivity index is 1.11. The molecule has 11 aromatic heterocycles. The van der Waals surface area contributed by atoms with Gasteiger partial charge in [0.1, 0.15) is 0 Å². The Bertz CT molecular complexity index is 4710. The molecule has 11 heterocycles. The minimum Gasteiger partial charge on any atom is -0.308 e. The molecule has 78 heavy (non-hydrogen) atoms. The number of pyridine rings is 7. The van der Waals surface area contributed by atoms with Crippen LogP contribution in [0.15, 0.2) is 227 Å². The first kappa shape index (κ1) is 43.7. The van der Waals surface area contributed by atoms with Crippen molar-refractivity contribution in [1.82, 2.24) is 53.2 Å². The van der Waals surface area contributed by atoms with Crippen LogP contribution in [-0.2, 0) is 5.41 Å². The Morgan fingerprint density at radius 3 is 1.01 bits per heavy atom. The van der Waals surface area contributed by atoms with Gasteiger partial charge >= 0.3 is 0 Å². The van der Waals surface area contributed by atoms with Gasteiger partial charge in [-0.25, -0.2) is 0 Å². The molecule has 11 heteroatoms. The SMILES string of the molecule is C=Cc1c(/C=C\C)c2ccncc2n1-c1cc(-n2c3cnccc3c3ccncc32)cc(C2(c3cc(-n4c5cnccc5c5ccncc54)cc(-n4c5cnccc5c5ccncc54)c3)c3ccccc3-c3ccccc32)c1. The van der Waals surface area contributed by atoms with E-state index in [9.17, 15) is 0 Å². The van der Waals surface area contributed by atoms with Gasteiger partial charge in [-0.1, -0.05) is 67.3 Å². The van der Waals surface area contributed by atoms with Crippen LogP contribution in [0.1, 0.15) is 40.4 Å². The average molecular weight is 1000 g/mol. The molecule has 0 N–H and O–H groups in total. The fraction of sp³-hybridized carbons (Fsp3) is 0.0299. The van der Waals surface area contributed by atoms with Crippen LogP contribution >= 0.6 is 0 Å². The summed E-state index contributed by atoms with van der Waals surface area (Å²) in [5, 5.41) is 7.58. The van der Waals surface area contributed by atoms with Crippen molar-refractivity contribution in [2.45, 2.75) is 12.3 Å². The molecule has 0 saturated carbocycles. The van der Waals surface area contributed by atoms with Gasteiger partial charge in [0.05, 0.1) is 93.1 Å². The summed E-state index contributed by atoms with van der Waals surface area (Å²) in [5.74, 6) is 0. The lowest BCUT2D eigenvalue weighted by Crippen LogP contribution is -2.29. The van der Waals surface area contributed by atoms with Crippen LogP contribution in [0.3, 0.4) is 0 Å². The fourth-order valence-electron chi connectivity index (χ4n) is 13.1. The summed E-state index contributed by atoms with van der Waals surface area (Å²) in [6, 6.07) is 46.7. The largest absolute Gasteiger partial charge is 0.308 e. The van der Waals surface area contributed by atoms with E-state index in [2.05, 4.69) is 171 Å². The molecule has 0 unspecified atom stereocenters. The highest BCUT2D eigenvalue weighted by Crippen LogP contribution is 2.57. The van der Waals surface area contributed by atoms with Gasteiger partial charge in [0, 0.05) is 109 Å². The van der Waals surface area contributed by atoms with Crippen molar-refractivity contribution in [1.29, 1.82) is 0 Å². The molecule has 0 saturated heterocycles. The van der Waals surface area contributed by atoms with Crippen LogP contribution in [-0.4, -0.2) is 53.2 Å². The number of aromatic nitrogens is 11. The summed E-state index contributed by atoms with van der Waals surface area (Å²) in [5.41, 5.74) is 18.3. The Labute approximate surface area is 446 Å². The maximum Gasteiger partial charge on any atom is 0.0725 e. The summed E-state index contributed by atoms with van der Waals surface area (Å²) in [6.45, 7) is 6.52. The molecule has 16 rings (SSSR count). The molecule has 0 atom stereocenters. The predicted molar refractivity (Wildman–Crippen MR) is 313 cm³/mol. The summed E-state index contributed by atoms with van der Waals surface area (Å²) < 4.78 is 9.28. The first-order valence-electron chi connectivity index (χ1n) is 25.9. The highest BCUT2D eigenvalue weighted by Gasteiger charge is 2.47. The predicted octanol–water partition coefficient (Wildman–Crippen LogP) is 14.7. The zero-order chi connectivity index (χ0) is 51.6. The lowest BCUT2D eigenvalue weighted by molar-refractivity contribution is 0.763. The lowest BCUT2D eigenvalue weighted by atomic mass is 9.67. The number of benzene rings is 4. The van der Waals surface area contributed by atoms with Gasteiger partial charge in [0.15, 0.2) is 0 Å². The zero-order valence-corrected chi connectivity index (χ0v) is 42.1. The van der Waals surface area contributed by atoms with Crippen molar-refractivity contribution in [3.8, 4) is 33.9 Å². The number of allylic oxidation sites excluding steroid dienone is 1. The van der Waals surface area contributed by atoms with Crippen molar-refractivity contribution in [3.63, 3.8) is 0 Å². The molecule has 15 aromatic rings. The van der Waals surface area contributed by atoms with E-state index in [1.54, 1.807) is 0 Å². The molecule has 0 aliphatic heterocycles. The summed E-state index contributed by atoms with van der Waals surface area (Å²) in [6.07, 6.45) is 33.0. The zero-order valence-electron chi connectivity index (χ0n) is 42.1. The number of rotatable bonds is 8. The third kappa shape index (κ3) is 5.95. The molecule has 366 valence electrons. The van der Waals surface area contributed by atoms with Gasteiger partial charge in [0.25, 0.3) is 0 Å². The van der Waals surface area contributed by atoms with E-state index in [4.69, 9.17) is 34.9 Å². The second-order valence-corrected chi connectivity index (χ2v) is 19.9. The third-order valence-electron chi connectivity index (χ3n) is 16.1. The number of nitrogens with zero attached hydrogens (tertiary/aromatic N) is 11. The van der Waals surface area contributed by atoms with Gasteiger partial charge in [-0.2, -0.15) is 0 Å². The normalized spacial score (nSPS) is 13.0. The van der Waals surface area contributed by atoms with Crippen LogP contribution in [0.4, 0.5) is 0 Å². The average Bonchev–Trinajstić information content (AvgIpc) is 4.30. The molecule has 1 aliphatic rings. The van der Waals surface area contributed by atoms with Crippen molar-refractivity contribution in [2.24, 2.45) is 0 Å². The number of hydrogen-bond donors (Lipinski definition) is 0. The molecule has 0 radical (unpaired) electrons. The highest BCUT2D eigenvalue weighted by atomic mass is 15.0. The van der Waals surface area contributed by atoms with E-state index in [1.165, 1.54) is 0 Å². The van der Waals surface area contributed by atoms with Crippen molar-refractivity contribution < 1.29 is 0 Å². The molecule has 0 fully saturated rings. The Kier molecular flexibility index (Phi) is 9.35. The van der Waals surface area contributed by atoms with Crippen molar-refractivity contribution in [3.05, 3.63) is 260 Å². The molecule has 4 aromatic carbocycles. The van der Waals surface area contributed by atoms with Gasteiger partial charge < -0.3 is 18.3 Å².